The Labute approximate surface area is 125 Å². The molecule has 1 aromatic carbocycles. The van der Waals surface area contributed by atoms with E-state index in [4.69, 9.17) is 18.0 Å². The summed E-state index contributed by atoms with van der Waals surface area (Å²) in [5.41, 5.74) is 5.11. The zero-order valence-corrected chi connectivity index (χ0v) is 12.3. The summed E-state index contributed by atoms with van der Waals surface area (Å²) in [5.74, 6) is 2.81. The van der Waals surface area contributed by atoms with Crippen molar-refractivity contribution in [3.05, 3.63) is 29.3 Å². The summed E-state index contributed by atoms with van der Waals surface area (Å²) in [6.45, 7) is 0.759. The summed E-state index contributed by atoms with van der Waals surface area (Å²) >= 11 is 6.62. The van der Waals surface area contributed by atoms with Crippen molar-refractivity contribution in [3.63, 3.8) is 0 Å². The van der Waals surface area contributed by atoms with Gasteiger partial charge >= 0.3 is 6.18 Å². The highest BCUT2D eigenvalue weighted by Gasteiger charge is 2.34. The van der Waals surface area contributed by atoms with Gasteiger partial charge in [-0.25, -0.2) is 0 Å². The summed E-state index contributed by atoms with van der Waals surface area (Å²) < 4.78 is 38.5. The van der Waals surface area contributed by atoms with E-state index in [1.165, 1.54) is 12.1 Å². The number of alkyl halides is 3. The van der Waals surface area contributed by atoms with E-state index in [-0.39, 0.29) is 10.6 Å². The van der Waals surface area contributed by atoms with Gasteiger partial charge in [0.2, 0.25) is 0 Å². The molecule has 1 heterocycles. The van der Waals surface area contributed by atoms with Gasteiger partial charge in [-0.05, 0) is 42.0 Å². The van der Waals surface area contributed by atoms with Crippen molar-refractivity contribution in [1.29, 1.82) is 0 Å². The molecule has 2 rings (SSSR count). The van der Waals surface area contributed by atoms with E-state index in [1.807, 2.05) is 11.8 Å². The highest BCUT2D eigenvalue weighted by Crippen LogP contribution is 2.33. The van der Waals surface area contributed by atoms with Crippen LogP contribution < -0.4 is 11.1 Å². The van der Waals surface area contributed by atoms with Gasteiger partial charge in [0.05, 0.1) is 5.56 Å². The minimum atomic E-state index is -4.45. The van der Waals surface area contributed by atoms with E-state index in [0.717, 1.165) is 30.5 Å². The summed E-state index contributed by atoms with van der Waals surface area (Å²) in [5, 5.41) is 3.16. The third kappa shape index (κ3) is 3.79. The quantitative estimate of drug-likeness (QED) is 0.833. The van der Waals surface area contributed by atoms with Crippen LogP contribution in [0.15, 0.2) is 18.2 Å². The van der Waals surface area contributed by atoms with Gasteiger partial charge in [0, 0.05) is 17.8 Å². The van der Waals surface area contributed by atoms with Gasteiger partial charge in [0.15, 0.2) is 0 Å². The first-order chi connectivity index (χ1) is 9.38. The number of rotatable bonds is 4. The standard InChI is InChI=1S/C13H15F3N2S2/c14-13(15,16)11-2-1-9(5-10(11)12(17)19)18-6-8-3-4-20-7-8/h1-2,5,8,18H,3-4,6-7H2,(H2,17,19). The van der Waals surface area contributed by atoms with E-state index < -0.39 is 11.7 Å². The summed E-state index contributed by atoms with van der Waals surface area (Å²) in [4.78, 5) is -0.239. The van der Waals surface area contributed by atoms with Crippen LogP contribution in [0.5, 0.6) is 0 Å². The molecule has 0 radical (unpaired) electrons. The minimum Gasteiger partial charge on any atom is -0.389 e. The van der Waals surface area contributed by atoms with E-state index in [9.17, 15) is 13.2 Å². The van der Waals surface area contributed by atoms with Crippen LogP contribution in [0.4, 0.5) is 18.9 Å². The average molecular weight is 320 g/mol. The number of benzene rings is 1. The maximum absolute atomic E-state index is 12.8. The monoisotopic (exact) mass is 320 g/mol. The number of hydrogen-bond donors (Lipinski definition) is 2. The number of hydrogen-bond acceptors (Lipinski definition) is 3. The molecule has 0 aromatic heterocycles. The third-order valence-electron chi connectivity index (χ3n) is 3.21. The van der Waals surface area contributed by atoms with E-state index in [1.54, 1.807) is 0 Å². The van der Waals surface area contributed by atoms with Crippen molar-refractivity contribution < 1.29 is 13.2 Å². The molecule has 0 spiro atoms. The second kappa shape index (κ2) is 6.22. The van der Waals surface area contributed by atoms with Gasteiger partial charge in [0.1, 0.15) is 4.99 Å². The molecule has 0 aliphatic carbocycles. The van der Waals surface area contributed by atoms with Crippen LogP contribution in [0, 0.1) is 5.92 Å². The van der Waals surface area contributed by atoms with Gasteiger partial charge in [-0.3, -0.25) is 0 Å². The van der Waals surface area contributed by atoms with Crippen LogP contribution in [-0.4, -0.2) is 23.0 Å². The number of halogens is 3. The first kappa shape index (κ1) is 15.4. The lowest BCUT2D eigenvalue weighted by atomic mass is 10.1. The minimum absolute atomic E-state index is 0.127. The highest BCUT2D eigenvalue weighted by molar-refractivity contribution is 7.99. The second-order valence-electron chi connectivity index (χ2n) is 4.73. The molecule has 0 amide bonds. The van der Waals surface area contributed by atoms with Crippen molar-refractivity contribution in [2.75, 3.05) is 23.4 Å². The fourth-order valence-corrected chi connectivity index (χ4v) is 3.57. The lowest BCUT2D eigenvalue weighted by Gasteiger charge is -2.16. The molecule has 1 unspecified atom stereocenters. The Balaban J connectivity index is 2.15. The predicted molar refractivity (Wildman–Crippen MR) is 81.3 cm³/mol. The van der Waals surface area contributed by atoms with E-state index in [0.29, 0.717) is 11.6 Å². The zero-order valence-electron chi connectivity index (χ0n) is 10.7. The Hall–Kier alpha value is -0.950. The molecule has 3 N–H and O–H groups in total. The van der Waals surface area contributed by atoms with Gasteiger partial charge in [0.25, 0.3) is 0 Å². The van der Waals surface area contributed by atoms with Crippen molar-refractivity contribution in [1.82, 2.24) is 0 Å². The van der Waals surface area contributed by atoms with E-state index in [2.05, 4.69) is 5.32 Å². The fourth-order valence-electron chi connectivity index (χ4n) is 2.11. The molecule has 0 bridgehead atoms. The van der Waals surface area contributed by atoms with Crippen LogP contribution in [0.3, 0.4) is 0 Å². The Kier molecular flexibility index (Phi) is 4.80. The molecule has 1 aromatic rings. The summed E-state index contributed by atoms with van der Waals surface area (Å²) in [6.07, 6.45) is -3.31. The fraction of sp³-hybridized carbons (Fsp3) is 0.462. The third-order valence-corrected chi connectivity index (χ3v) is 4.66. The van der Waals surface area contributed by atoms with Crippen molar-refractivity contribution in [2.24, 2.45) is 11.7 Å². The van der Waals surface area contributed by atoms with Gasteiger partial charge in [-0.2, -0.15) is 24.9 Å². The first-order valence-corrected chi connectivity index (χ1v) is 7.77. The molecule has 1 atom stereocenters. The van der Waals surface area contributed by atoms with Crippen LogP contribution in [0.2, 0.25) is 0 Å². The first-order valence-electron chi connectivity index (χ1n) is 6.20. The average Bonchev–Trinajstić information content (AvgIpc) is 2.88. The van der Waals surface area contributed by atoms with E-state index >= 15 is 0 Å². The number of anilines is 1. The lowest BCUT2D eigenvalue weighted by Crippen LogP contribution is -2.19. The normalized spacial score (nSPS) is 19.1. The van der Waals surface area contributed by atoms with Gasteiger partial charge in [-0.1, -0.05) is 12.2 Å². The van der Waals surface area contributed by atoms with Crippen LogP contribution in [-0.2, 0) is 6.18 Å². The highest BCUT2D eigenvalue weighted by atomic mass is 32.2. The molecule has 20 heavy (non-hydrogen) atoms. The van der Waals surface area contributed by atoms with Crippen LogP contribution >= 0.6 is 24.0 Å². The number of thioether (sulfide) groups is 1. The maximum atomic E-state index is 12.8. The molecule has 2 nitrogen and oxygen atoms in total. The molecule has 0 saturated carbocycles. The molecule has 110 valence electrons. The summed E-state index contributed by atoms with van der Waals surface area (Å²) in [7, 11) is 0. The zero-order chi connectivity index (χ0) is 14.8. The van der Waals surface area contributed by atoms with Crippen molar-refractivity contribution in [2.45, 2.75) is 12.6 Å². The molecule has 7 heteroatoms. The SMILES string of the molecule is NC(=S)c1cc(NCC2CCSC2)ccc1C(F)(F)F. The predicted octanol–water partition coefficient (Wildman–Crippen LogP) is 3.50. The Morgan fingerprint density at radius 2 is 2.20 bits per heavy atom. The second-order valence-corrected chi connectivity index (χ2v) is 6.32. The smallest absolute Gasteiger partial charge is 0.389 e. The summed E-state index contributed by atoms with van der Waals surface area (Å²) in [6, 6.07) is 3.83. The maximum Gasteiger partial charge on any atom is 0.417 e. The topological polar surface area (TPSA) is 38.0 Å². The van der Waals surface area contributed by atoms with Crippen LogP contribution in [0.25, 0.3) is 0 Å². The molecular formula is C13H15F3N2S2. The molecule has 1 aliphatic heterocycles. The number of thiocarbonyl (C=S) groups is 1. The van der Waals surface area contributed by atoms with Crippen molar-refractivity contribution in [3.8, 4) is 0 Å². The Morgan fingerprint density at radius 3 is 2.75 bits per heavy atom. The molecular weight excluding hydrogens is 305 g/mol. The van der Waals surface area contributed by atoms with Gasteiger partial charge in [-0.15, -0.1) is 0 Å². The van der Waals surface area contributed by atoms with Gasteiger partial charge < -0.3 is 11.1 Å². The molecule has 1 aliphatic rings. The number of nitrogens with one attached hydrogen (secondary N) is 1. The lowest BCUT2D eigenvalue weighted by molar-refractivity contribution is -0.137. The Bertz CT molecular complexity index is 497. The van der Waals surface area contributed by atoms with Crippen molar-refractivity contribution >= 4 is 34.7 Å². The molecule has 1 fully saturated rings. The molecule has 1 saturated heterocycles. The van der Waals surface area contributed by atoms with Crippen LogP contribution in [0.1, 0.15) is 17.5 Å². The number of nitrogens with two attached hydrogens (primary N) is 1. The Morgan fingerprint density at radius 1 is 1.45 bits per heavy atom. The largest absolute Gasteiger partial charge is 0.417 e.